The van der Waals surface area contributed by atoms with Crippen LogP contribution < -0.4 is 21.2 Å². The van der Waals surface area contributed by atoms with E-state index in [0.29, 0.717) is 52.4 Å². The van der Waals surface area contributed by atoms with Gasteiger partial charge in [0.05, 0.1) is 23.0 Å². The molecule has 2 aliphatic heterocycles. The molecule has 1 fully saturated rings. The van der Waals surface area contributed by atoms with Crippen molar-refractivity contribution in [1.29, 1.82) is 0 Å². The average Bonchev–Trinajstić information content (AvgIpc) is 3.34. The number of H-pyrrole nitrogens is 2. The van der Waals surface area contributed by atoms with Crippen LogP contribution in [0.3, 0.4) is 0 Å². The van der Waals surface area contributed by atoms with E-state index in [-0.39, 0.29) is 28.5 Å². The fourth-order valence-corrected chi connectivity index (χ4v) is 5.36. The fraction of sp³-hybridized carbons (Fsp3) is 0.444. The van der Waals surface area contributed by atoms with Crippen LogP contribution in [0.5, 0.6) is 5.75 Å². The minimum atomic E-state index is -0.303. The van der Waals surface area contributed by atoms with E-state index < -0.39 is 0 Å². The van der Waals surface area contributed by atoms with Crippen molar-refractivity contribution in [1.82, 2.24) is 30.0 Å². The number of aromatic nitrogens is 4. The summed E-state index contributed by atoms with van der Waals surface area (Å²) >= 11 is 0. The summed E-state index contributed by atoms with van der Waals surface area (Å²) in [6.07, 6.45) is 0.862. The summed E-state index contributed by atoms with van der Waals surface area (Å²) in [5.74, 6) is 0.705. The number of ether oxygens (including phenoxy) is 1. The first-order valence-electron chi connectivity index (χ1n) is 12.6. The van der Waals surface area contributed by atoms with Crippen molar-refractivity contribution in [3.05, 3.63) is 56.6 Å². The zero-order valence-electron chi connectivity index (χ0n) is 21.1. The van der Waals surface area contributed by atoms with Gasteiger partial charge in [0.25, 0.3) is 11.1 Å². The maximum Gasteiger partial charge on any atom is 0.275 e. The lowest BCUT2D eigenvalue weighted by Crippen LogP contribution is -2.35. The van der Waals surface area contributed by atoms with Gasteiger partial charge in [-0.3, -0.25) is 24.3 Å². The van der Waals surface area contributed by atoms with Gasteiger partial charge in [0.1, 0.15) is 17.3 Å². The van der Waals surface area contributed by atoms with E-state index in [9.17, 15) is 9.59 Å². The highest BCUT2D eigenvalue weighted by Crippen LogP contribution is 2.33. The molecule has 0 radical (unpaired) electrons. The molecule has 2 aliphatic rings. The Bertz CT molecular complexity index is 1590. The van der Waals surface area contributed by atoms with Gasteiger partial charge in [0.15, 0.2) is 5.75 Å². The second kappa shape index (κ2) is 8.31. The van der Waals surface area contributed by atoms with Crippen LogP contribution in [-0.2, 0) is 13.1 Å². The zero-order valence-corrected chi connectivity index (χ0v) is 21.1. The second-order valence-electron chi connectivity index (χ2n) is 11.1. The van der Waals surface area contributed by atoms with Crippen molar-refractivity contribution in [2.45, 2.75) is 64.9 Å². The van der Waals surface area contributed by atoms with Gasteiger partial charge in [0, 0.05) is 48.8 Å². The molecule has 0 amide bonds. The number of nitrogens with zero attached hydrogens (tertiary/aromatic N) is 3. The smallest absolute Gasteiger partial charge is 0.275 e. The van der Waals surface area contributed by atoms with Crippen molar-refractivity contribution >= 4 is 21.9 Å². The molecule has 188 valence electrons. The maximum atomic E-state index is 13.2. The third-order valence-electron chi connectivity index (χ3n) is 7.31. The summed E-state index contributed by atoms with van der Waals surface area (Å²) in [4.78, 5) is 36.6. The number of rotatable bonds is 2. The first kappa shape index (κ1) is 23.0. The number of hydrogen-bond donors (Lipinski definition) is 3. The van der Waals surface area contributed by atoms with E-state index in [0.717, 1.165) is 25.1 Å². The summed E-state index contributed by atoms with van der Waals surface area (Å²) < 4.78 is 8.35. The number of nitrogens with one attached hydrogen (secondary N) is 3. The molecule has 0 spiro atoms. The van der Waals surface area contributed by atoms with Gasteiger partial charge in [-0.05, 0) is 39.8 Å². The molecule has 3 N–H and O–H groups in total. The molecule has 9 heteroatoms. The zero-order chi connectivity index (χ0) is 25.2. The number of aromatic amines is 2. The predicted molar refractivity (Wildman–Crippen MR) is 141 cm³/mol. The number of hydrogen-bond acceptors (Lipinski definition) is 6. The van der Waals surface area contributed by atoms with Gasteiger partial charge < -0.3 is 15.0 Å². The van der Waals surface area contributed by atoms with Crippen molar-refractivity contribution in [2.24, 2.45) is 0 Å². The largest absolute Gasteiger partial charge is 0.486 e. The van der Waals surface area contributed by atoms with Crippen LogP contribution in [0.4, 0.5) is 0 Å². The van der Waals surface area contributed by atoms with Crippen molar-refractivity contribution in [3.63, 3.8) is 0 Å². The summed E-state index contributed by atoms with van der Waals surface area (Å²) in [5, 5.41) is 7.37. The minimum Gasteiger partial charge on any atom is -0.486 e. The molecule has 1 saturated heterocycles. The Hall–Kier alpha value is -3.43. The van der Waals surface area contributed by atoms with Crippen LogP contribution in [-0.4, -0.2) is 55.4 Å². The molecule has 6 rings (SSSR count). The van der Waals surface area contributed by atoms with Gasteiger partial charge in [-0.15, -0.1) is 0 Å². The molecule has 3 atom stereocenters. The highest BCUT2D eigenvalue weighted by atomic mass is 16.5. The van der Waals surface area contributed by atoms with Crippen LogP contribution >= 0.6 is 0 Å². The minimum absolute atomic E-state index is 0.0158. The summed E-state index contributed by atoms with van der Waals surface area (Å²) in [5.41, 5.74) is 3.29. The second-order valence-corrected chi connectivity index (χ2v) is 11.1. The van der Waals surface area contributed by atoms with E-state index in [1.807, 2.05) is 18.2 Å². The average molecular weight is 489 g/mol. The lowest BCUT2D eigenvalue weighted by molar-refractivity contribution is 0.193. The number of benzene rings is 2. The molecular formula is C27H32N6O3. The van der Waals surface area contributed by atoms with Gasteiger partial charge in [-0.2, -0.15) is 0 Å². The number of para-hydroxylation sites is 1. The Labute approximate surface area is 208 Å². The van der Waals surface area contributed by atoms with Gasteiger partial charge >= 0.3 is 0 Å². The maximum absolute atomic E-state index is 13.2. The molecule has 6 bridgehead atoms. The molecule has 9 nitrogen and oxygen atoms in total. The number of fused-ring (bicyclic) bond motifs is 5. The Morgan fingerprint density at radius 1 is 1.17 bits per heavy atom. The topological polar surface area (TPSA) is 108 Å². The molecule has 36 heavy (non-hydrogen) atoms. The molecule has 2 aromatic carbocycles. The lowest BCUT2D eigenvalue weighted by Gasteiger charge is -2.24. The SMILES string of the molecule is C[C@@H]1C[C@H]2CN1CCn1[nH]c3c(cccc3c1=O)-c1nc3c(c(CNC(C)(C)C)ccc3[nH]c1=O)O2. The van der Waals surface area contributed by atoms with Gasteiger partial charge in [-0.25, -0.2) is 4.98 Å². The van der Waals surface area contributed by atoms with Gasteiger partial charge in [-0.1, -0.05) is 18.2 Å². The summed E-state index contributed by atoms with van der Waals surface area (Å²) in [6, 6.07) is 9.65. The van der Waals surface area contributed by atoms with E-state index in [1.165, 1.54) is 0 Å². The molecule has 0 aliphatic carbocycles. The molecule has 1 unspecified atom stereocenters. The Balaban J connectivity index is 1.62. The van der Waals surface area contributed by atoms with Crippen molar-refractivity contribution in [2.75, 3.05) is 13.1 Å². The van der Waals surface area contributed by atoms with Crippen LogP contribution in [0.2, 0.25) is 0 Å². The van der Waals surface area contributed by atoms with Crippen LogP contribution in [0.25, 0.3) is 33.2 Å². The fourth-order valence-electron chi connectivity index (χ4n) is 5.36. The Morgan fingerprint density at radius 3 is 2.81 bits per heavy atom. The quantitative estimate of drug-likeness (QED) is 0.400. The normalized spacial score (nSPS) is 21.8. The van der Waals surface area contributed by atoms with E-state index in [1.54, 1.807) is 16.8 Å². The molecular weight excluding hydrogens is 456 g/mol. The molecule has 0 saturated carbocycles. The third-order valence-corrected chi connectivity index (χ3v) is 7.31. The predicted octanol–water partition coefficient (Wildman–Crippen LogP) is 2.98. The van der Waals surface area contributed by atoms with Crippen molar-refractivity contribution < 1.29 is 4.74 Å². The highest BCUT2D eigenvalue weighted by Gasteiger charge is 2.32. The third kappa shape index (κ3) is 3.92. The van der Waals surface area contributed by atoms with Gasteiger partial charge in [0.2, 0.25) is 0 Å². The molecule has 4 heterocycles. The van der Waals surface area contributed by atoms with Crippen LogP contribution in [0.15, 0.2) is 39.9 Å². The van der Waals surface area contributed by atoms with E-state index in [2.05, 4.69) is 48.0 Å². The van der Waals surface area contributed by atoms with Crippen LogP contribution in [0, 0.1) is 0 Å². The highest BCUT2D eigenvalue weighted by molar-refractivity contribution is 5.94. The standard InChI is InChI=1S/C27H32N6O3/c1-15-12-17-14-32(15)10-11-33-26(35)19-7-5-6-18(21(19)31-33)22-25(34)29-20-9-8-16(13-28-27(2,3)4)24(36-17)23(20)30-22/h5-9,15,17,28,31H,10-14H2,1-4H3,(H,29,34)/t15-,17+/m1/s1. The Kier molecular flexibility index (Phi) is 5.31. The first-order valence-corrected chi connectivity index (χ1v) is 12.6. The Morgan fingerprint density at radius 2 is 2.00 bits per heavy atom. The monoisotopic (exact) mass is 488 g/mol. The molecule has 4 aromatic rings. The lowest BCUT2D eigenvalue weighted by atomic mass is 10.1. The molecule has 2 aromatic heterocycles. The summed E-state index contributed by atoms with van der Waals surface area (Å²) in [7, 11) is 0. The summed E-state index contributed by atoms with van der Waals surface area (Å²) in [6.45, 7) is 11.2. The first-order chi connectivity index (χ1) is 17.2. The van der Waals surface area contributed by atoms with E-state index >= 15 is 0 Å². The van der Waals surface area contributed by atoms with E-state index in [4.69, 9.17) is 9.72 Å². The van der Waals surface area contributed by atoms with Crippen LogP contribution in [0.1, 0.15) is 39.7 Å². The van der Waals surface area contributed by atoms with Crippen molar-refractivity contribution in [3.8, 4) is 17.0 Å².